The third-order valence-electron chi connectivity index (χ3n) is 25.7. The van der Waals surface area contributed by atoms with Gasteiger partial charge in [-0.05, 0) is 118 Å². The molecule has 6 aliphatic rings. The Morgan fingerprint density at radius 3 is 1.88 bits per heavy atom. The molecule has 0 spiro atoms. The van der Waals surface area contributed by atoms with Gasteiger partial charge in [0.05, 0.1) is 161 Å². The van der Waals surface area contributed by atoms with Crippen molar-refractivity contribution in [2.75, 3.05) is 168 Å². The summed E-state index contributed by atoms with van der Waals surface area (Å²) in [6, 6.07) is 16.2. The van der Waals surface area contributed by atoms with Crippen LogP contribution < -0.4 is 58.5 Å². The van der Waals surface area contributed by atoms with Crippen molar-refractivity contribution < 1.29 is 137 Å². The van der Waals surface area contributed by atoms with E-state index >= 15 is 0 Å². The normalized spacial score (nSPS) is 21.3. The number of Topliss-reactive ketones (excluding diaryl/α,β-unsaturated/α-hetero) is 1. The van der Waals surface area contributed by atoms with Crippen molar-refractivity contribution in [1.82, 2.24) is 57.5 Å². The van der Waals surface area contributed by atoms with E-state index in [1.54, 1.807) is 59.8 Å². The maximum Gasteiger partial charge on any atom is 0.408 e. The minimum Gasteiger partial charge on any atom is -0.445 e. The predicted molar refractivity (Wildman–Crippen MR) is 506 cm³/mol. The number of aromatic nitrogens is 3. The highest BCUT2D eigenvalue weighted by molar-refractivity contribution is 7.85. The number of fused-ring (bicyclic) bond motifs is 12. The van der Waals surface area contributed by atoms with Crippen LogP contribution in [0.25, 0.3) is 22.5 Å². The van der Waals surface area contributed by atoms with Gasteiger partial charge in [0.15, 0.2) is 23.5 Å². The van der Waals surface area contributed by atoms with E-state index in [2.05, 4.69) is 65.1 Å². The summed E-state index contributed by atoms with van der Waals surface area (Å²) in [6.07, 6.45) is 5.98. The van der Waals surface area contributed by atoms with E-state index in [4.69, 9.17) is 71.9 Å². The number of anilines is 2. The molecule has 140 heavy (non-hydrogen) atoms. The quantitative estimate of drug-likeness (QED) is 0.0169. The molecule has 2 aliphatic heterocycles. The molecule has 772 valence electrons. The number of benzene rings is 3. The van der Waals surface area contributed by atoms with Gasteiger partial charge >= 0.3 is 12.1 Å². The summed E-state index contributed by atoms with van der Waals surface area (Å²) < 4.78 is 107. The molecule has 13 atom stereocenters. The molecular weight excluding hydrogens is 1850 g/mol. The van der Waals surface area contributed by atoms with Gasteiger partial charge in [-0.1, -0.05) is 112 Å². The molecule has 3 saturated carbocycles. The number of amides is 11. The van der Waals surface area contributed by atoms with Crippen LogP contribution in [-0.4, -0.2) is 310 Å². The molecule has 43 nitrogen and oxygen atoms in total. The number of carbonyl (C=O) groups is 12. The maximum atomic E-state index is 14.7. The molecule has 4 aliphatic carbocycles. The second kappa shape index (κ2) is 55.7. The molecule has 3 heterocycles. The molecule has 0 radical (unpaired) electrons. The molecule has 44 heteroatoms. The Bertz CT molecular complexity index is 4990. The summed E-state index contributed by atoms with van der Waals surface area (Å²) in [5.41, 5.74) is 8.77. The number of aliphatic hydroxyl groups excluding tert-OH is 1. The van der Waals surface area contributed by atoms with Crippen molar-refractivity contribution in [2.24, 2.45) is 40.2 Å². The van der Waals surface area contributed by atoms with Crippen molar-refractivity contribution in [3.63, 3.8) is 0 Å². The highest BCUT2D eigenvalue weighted by atomic mass is 32.2. The van der Waals surface area contributed by atoms with Gasteiger partial charge in [-0.25, -0.2) is 14.3 Å². The summed E-state index contributed by atoms with van der Waals surface area (Å²) in [7, 11) is -4.15. The number of ether oxygens (including phenoxy) is 13. The lowest BCUT2D eigenvalue weighted by molar-refractivity contribution is -0.201. The Labute approximate surface area is 815 Å². The minimum atomic E-state index is -4.15. The van der Waals surface area contributed by atoms with Gasteiger partial charge in [-0.15, -0.1) is 5.10 Å². The highest BCUT2D eigenvalue weighted by Gasteiger charge is 2.76. The number of primary amides is 1. The summed E-state index contributed by atoms with van der Waals surface area (Å²) in [5, 5.41) is 44.7. The molecule has 1 aromatic heterocycles. The van der Waals surface area contributed by atoms with E-state index in [1.165, 1.54) is 13.8 Å². The number of para-hydroxylation sites is 1. The van der Waals surface area contributed by atoms with E-state index in [0.29, 0.717) is 100 Å². The second-order valence-electron chi connectivity index (χ2n) is 35.9. The Morgan fingerprint density at radius 1 is 0.636 bits per heavy atom. The number of nitrogens with two attached hydrogens (primary N) is 1. The van der Waals surface area contributed by atoms with E-state index in [9.17, 15) is 71.1 Å². The number of nitrogens with zero attached hydrogens (tertiary/aromatic N) is 4. The smallest absolute Gasteiger partial charge is 0.408 e. The lowest BCUT2D eigenvalue weighted by Crippen LogP contribution is -2.63. The van der Waals surface area contributed by atoms with E-state index < -0.39 is 135 Å². The number of rotatable bonds is 62. The average Bonchev–Trinajstić information content (AvgIpc) is 1.50. The number of aliphatic hydroxyl groups is 1. The van der Waals surface area contributed by atoms with Crippen LogP contribution in [0, 0.1) is 34.5 Å². The number of alkyl carbamates (subject to hydrolysis) is 1. The Balaban J connectivity index is 0.532. The summed E-state index contributed by atoms with van der Waals surface area (Å²) in [4.78, 5) is 159. The highest BCUT2D eigenvalue weighted by Crippen LogP contribution is 2.70. The average molecular weight is 1980 g/mol. The molecule has 4 fully saturated rings. The fourth-order valence-electron chi connectivity index (χ4n) is 18.6. The Morgan fingerprint density at radius 2 is 1.24 bits per heavy atom. The van der Waals surface area contributed by atoms with Gasteiger partial charge < -0.3 is 125 Å². The Hall–Kier alpha value is -10.7. The van der Waals surface area contributed by atoms with Crippen LogP contribution in [0.2, 0.25) is 0 Å². The van der Waals surface area contributed by atoms with Crippen LogP contribution in [0.5, 0.6) is 0 Å². The zero-order valence-electron chi connectivity index (χ0n) is 80.8. The zero-order chi connectivity index (χ0) is 101. The third-order valence-corrected chi connectivity index (χ3v) is 26.4. The monoisotopic (exact) mass is 1980 g/mol. The standard InChI is InChI=1S/C96H138N14O29S/c1-8-14-83-138-78-56-73-71-25-22-67-55-69(111)28-31-94(67,6)84(71)76(112)57-95(73,7)96(78,139-83)77(113)60-136-61-101-88(118)63(4)102-89(119)64(5)103-93(123)137-59-65-20-23-68(24-21-65)104-90(120)74(18-13-32-100-92(97)122)105-91(121)85(62(2)3)106-81(116)30-37-128-41-45-132-49-52-135-53-50-133-46-42-129-38-33-98-79(114)26-27-82(117)109-58-66-15-9-10-16-70(66)87-86(72-17-11-12-19-75(72)109)107-108-110(87)35-39-130-43-47-134-51-48-131-44-40-127-36-29-80(115)99-34-54-140(124,125)126/h9-12,15-17,19-21,23-24,28,31,55,62-64,71,73-74,76,78,83-85,112H,8,13-14,18,22,25-27,29-30,32-54,56-61H2,1-7H3,(H,98,114)(H,99,115)(H,101,118)(H,102,119)(H,103,123)(H,104,120)(H,105,121)(H,106,116)(H3,97,100,122)(H,124,125,126)/t63-,64-,71-,73-,74-,76-,78+,83?,84+,85-,94-,95-,96+/m0/s1. The lowest BCUT2D eigenvalue weighted by atomic mass is 9.46. The van der Waals surface area contributed by atoms with E-state index in [0.717, 1.165) is 35.2 Å². The van der Waals surface area contributed by atoms with Crippen molar-refractivity contribution in [3.8, 4) is 22.5 Å². The number of ketones is 2. The van der Waals surface area contributed by atoms with E-state index in [1.807, 2.05) is 68.5 Å². The van der Waals surface area contributed by atoms with Gasteiger partial charge in [0.25, 0.3) is 10.1 Å². The largest absolute Gasteiger partial charge is 0.445 e. The number of hydrogen-bond acceptors (Lipinski definition) is 30. The number of hydrogen-bond donors (Lipinski definition) is 12. The molecule has 0 bridgehead atoms. The number of carbonyl (C=O) groups excluding carboxylic acids is 12. The first-order valence-corrected chi connectivity index (χ1v) is 49.5. The van der Waals surface area contributed by atoms with Crippen LogP contribution in [0.1, 0.15) is 137 Å². The number of nitrogens with one attached hydrogen (secondary N) is 9. The predicted octanol–water partition coefficient (Wildman–Crippen LogP) is 3.95. The zero-order valence-corrected chi connectivity index (χ0v) is 81.6. The van der Waals surface area contributed by atoms with Crippen LogP contribution in [0.4, 0.5) is 21.0 Å². The molecule has 13 N–H and O–H groups in total. The minimum absolute atomic E-state index is 0.0210. The molecule has 4 aromatic rings. The first-order chi connectivity index (χ1) is 67.2. The number of allylic oxidation sites excluding steroid dienone is 4. The van der Waals surface area contributed by atoms with Gasteiger partial charge in [0.2, 0.25) is 47.3 Å². The van der Waals surface area contributed by atoms with Crippen molar-refractivity contribution in [2.45, 2.75) is 193 Å². The fourth-order valence-corrected chi connectivity index (χ4v) is 19.0. The van der Waals surface area contributed by atoms with Crippen molar-refractivity contribution >= 4 is 92.4 Å². The van der Waals surface area contributed by atoms with Gasteiger partial charge in [-0.2, -0.15) is 8.42 Å². The van der Waals surface area contributed by atoms with Crippen molar-refractivity contribution in [1.29, 1.82) is 0 Å². The van der Waals surface area contributed by atoms with Crippen molar-refractivity contribution in [3.05, 3.63) is 108 Å². The summed E-state index contributed by atoms with van der Waals surface area (Å²) in [6.45, 7) is 16.7. The molecule has 1 unspecified atom stereocenters. The molecule has 3 aromatic carbocycles. The molecular formula is C96H138N14O29S. The second-order valence-corrected chi connectivity index (χ2v) is 37.5. The van der Waals surface area contributed by atoms with Gasteiger partial charge in [-0.3, -0.25) is 52.5 Å². The topological polar surface area (TPSA) is 568 Å². The fraction of sp³-hybridized carbons (Fsp3) is 0.625. The molecule has 10 rings (SSSR count). The van der Waals surface area contributed by atoms with Crippen LogP contribution in [0.15, 0.2) is 96.6 Å². The lowest BCUT2D eigenvalue weighted by Gasteiger charge is -2.59. The van der Waals surface area contributed by atoms with Crippen LogP contribution in [-0.2, 0) is 139 Å². The summed E-state index contributed by atoms with van der Waals surface area (Å²) in [5.74, 6) is -5.59. The van der Waals surface area contributed by atoms with Gasteiger partial charge in [0.1, 0.15) is 49.8 Å². The first kappa shape index (κ1) is 111. The molecule has 1 saturated heterocycles. The SMILES string of the molecule is CCCC1O[C@@H]2C[C@H]3[C@@H]4CCC5=CC(=O)C=C[C@]5(C)[C@H]4[C@@H](O)C[C@]3(C)[C@]2(C(=O)COCNC(=O)[C@H](C)NC(=O)[C@H](C)NC(=O)OCc2ccc(NC(=O)[C@H](CCCNC(N)=O)NC(=O)[C@@H](NC(=O)CCOCCOCCOCCOCCOCCNC(=O)CCC(=O)N3Cc4ccccc4-c4c(nnn4CCOCCOCCOCCOCCC(=O)NCCS(=O)(=O)O)-c4ccccc43)C(C)C)cc2)O1. The third kappa shape index (κ3) is 32.4. The van der Waals surface area contributed by atoms with Crippen LogP contribution in [0.3, 0.4) is 0 Å². The Kier molecular flexibility index (Phi) is 44.2. The van der Waals surface area contributed by atoms with Gasteiger partial charge in [0, 0.05) is 78.9 Å². The summed E-state index contributed by atoms with van der Waals surface area (Å²) >= 11 is 0. The van der Waals surface area contributed by atoms with E-state index in [-0.39, 0.29) is 198 Å². The number of urea groups is 1. The first-order valence-electron chi connectivity index (χ1n) is 47.9. The maximum absolute atomic E-state index is 14.7. The molecule has 11 amide bonds. The van der Waals surface area contributed by atoms with Crippen LogP contribution >= 0.6 is 0 Å².